The van der Waals surface area contributed by atoms with Gasteiger partial charge in [0.15, 0.2) is 17.4 Å². The summed E-state index contributed by atoms with van der Waals surface area (Å²) in [6.07, 6.45) is 0.167. The van der Waals surface area contributed by atoms with Gasteiger partial charge >= 0.3 is 0 Å². The van der Waals surface area contributed by atoms with E-state index in [9.17, 15) is 13.6 Å². The Kier molecular flexibility index (Phi) is 4.55. The van der Waals surface area contributed by atoms with E-state index < -0.39 is 17.7 Å². The van der Waals surface area contributed by atoms with E-state index in [1.54, 1.807) is 6.92 Å². The van der Waals surface area contributed by atoms with Crippen LogP contribution in [-0.2, 0) is 4.74 Å². The summed E-state index contributed by atoms with van der Waals surface area (Å²) in [6.45, 7) is 3.99. The van der Waals surface area contributed by atoms with Crippen molar-refractivity contribution in [3.63, 3.8) is 0 Å². The highest BCUT2D eigenvalue weighted by atomic mass is 19.2. The first-order chi connectivity index (χ1) is 7.56. The van der Waals surface area contributed by atoms with E-state index in [1.165, 1.54) is 6.07 Å². The summed E-state index contributed by atoms with van der Waals surface area (Å²) in [5.41, 5.74) is 0.127. The Hall–Kier alpha value is -1.29. The van der Waals surface area contributed by atoms with Crippen molar-refractivity contribution in [2.45, 2.75) is 26.4 Å². The first kappa shape index (κ1) is 12.8. The Morgan fingerprint density at radius 1 is 1.38 bits per heavy atom. The standard InChI is InChI=1S/C12H14F2O2/c1-3-6-16-8(2)12(15)9-4-5-10(13)11(14)7-9/h4-5,7-8H,3,6H2,1-2H3. The number of Topliss-reactive ketones (excluding diaryl/α,β-unsaturated/α-hetero) is 1. The molecule has 0 bridgehead atoms. The predicted octanol–water partition coefficient (Wildman–Crippen LogP) is 2.96. The zero-order valence-corrected chi connectivity index (χ0v) is 9.30. The van der Waals surface area contributed by atoms with Crippen LogP contribution >= 0.6 is 0 Å². The summed E-state index contributed by atoms with van der Waals surface area (Å²) in [4.78, 5) is 11.7. The maximum atomic E-state index is 12.9. The predicted molar refractivity (Wildman–Crippen MR) is 56.4 cm³/mol. The second-order valence-corrected chi connectivity index (χ2v) is 3.51. The highest BCUT2D eigenvalue weighted by molar-refractivity contribution is 5.99. The SMILES string of the molecule is CCCOC(C)C(=O)c1ccc(F)c(F)c1. The summed E-state index contributed by atoms with van der Waals surface area (Å²) in [5, 5.41) is 0. The number of rotatable bonds is 5. The highest BCUT2D eigenvalue weighted by Gasteiger charge is 2.16. The molecule has 0 N–H and O–H groups in total. The molecule has 0 saturated heterocycles. The second kappa shape index (κ2) is 5.70. The first-order valence-corrected chi connectivity index (χ1v) is 5.17. The molecule has 2 nitrogen and oxygen atoms in total. The second-order valence-electron chi connectivity index (χ2n) is 3.51. The minimum atomic E-state index is -1.02. The van der Waals surface area contributed by atoms with Crippen LogP contribution < -0.4 is 0 Å². The molecule has 0 aromatic heterocycles. The molecule has 1 aromatic carbocycles. The van der Waals surface area contributed by atoms with Gasteiger partial charge in [-0.25, -0.2) is 8.78 Å². The van der Waals surface area contributed by atoms with Gasteiger partial charge < -0.3 is 4.74 Å². The van der Waals surface area contributed by atoms with Crippen molar-refractivity contribution in [1.82, 2.24) is 0 Å². The molecule has 0 amide bonds. The topological polar surface area (TPSA) is 26.3 Å². The fourth-order valence-electron chi connectivity index (χ4n) is 1.25. The quantitative estimate of drug-likeness (QED) is 0.724. The van der Waals surface area contributed by atoms with Gasteiger partial charge in [-0.2, -0.15) is 0 Å². The molecule has 0 saturated carbocycles. The van der Waals surface area contributed by atoms with Crippen LogP contribution in [0.25, 0.3) is 0 Å². The molecule has 0 spiro atoms. The van der Waals surface area contributed by atoms with Crippen LogP contribution in [0.15, 0.2) is 18.2 Å². The average Bonchev–Trinajstić information content (AvgIpc) is 2.28. The Labute approximate surface area is 93.2 Å². The normalized spacial score (nSPS) is 12.5. The molecule has 88 valence electrons. The van der Waals surface area contributed by atoms with Gasteiger partial charge in [0.05, 0.1) is 0 Å². The molecule has 0 aliphatic rings. The number of carbonyl (C=O) groups is 1. The van der Waals surface area contributed by atoms with Crippen molar-refractivity contribution < 1.29 is 18.3 Å². The molecule has 4 heteroatoms. The number of hydrogen-bond donors (Lipinski definition) is 0. The van der Waals surface area contributed by atoms with Gasteiger partial charge in [0.1, 0.15) is 6.10 Å². The maximum absolute atomic E-state index is 12.9. The number of ketones is 1. The minimum absolute atomic E-state index is 0.127. The third-order valence-corrected chi connectivity index (χ3v) is 2.15. The molecule has 0 heterocycles. The van der Waals surface area contributed by atoms with E-state index >= 15 is 0 Å². The lowest BCUT2D eigenvalue weighted by Crippen LogP contribution is -2.21. The van der Waals surface area contributed by atoms with Crippen molar-refractivity contribution in [3.8, 4) is 0 Å². The summed E-state index contributed by atoms with van der Waals surface area (Å²) in [7, 11) is 0. The van der Waals surface area contributed by atoms with Crippen LogP contribution in [0.2, 0.25) is 0 Å². The Balaban J connectivity index is 2.76. The fraction of sp³-hybridized carbons (Fsp3) is 0.417. The van der Waals surface area contributed by atoms with Gasteiger partial charge in [0.2, 0.25) is 0 Å². The van der Waals surface area contributed by atoms with Crippen molar-refractivity contribution in [2.24, 2.45) is 0 Å². The molecule has 0 aliphatic carbocycles. The first-order valence-electron chi connectivity index (χ1n) is 5.17. The van der Waals surface area contributed by atoms with E-state index in [1.807, 2.05) is 6.92 Å². The molecular formula is C12H14F2O2. The lowest BCUT2D eigenvalue weighted by molar-refractivity contribution is 0.0479. The highest BCUT2D eigenvalue weighted by Crippen LogP contribution is 2.12. The summed E-state index contributed by atoms with van der Waals surface area (Å²) >= 11 is 0. The largest absolute Gasteiger partial charge is 0.370 e. The monoisotopic (exact) mass is 228 g/mol. The van der Waals surface area contributed by atoms with Gasteiger partial charge in [0, 0.05) is 12.2 Å². The third-order valence-electron chi connectivity index (χ3n) is 2.15. The molecule has 1 atom stereocenters. The number of halogens is 2. The molecule has 1 rings (SSSR count). The zero-order chi connectivity index (χ0) is 12.1. The number of benzene rings is 1. The van der Waals surface area contributed by atoms with Crippen LogP contribution in [0.3, 0.4) is 0 Å². The van der Waals surface area contributed by atoms with Crippen LogP contribution in [0.4, 0.5) is 8.78 Å². The average molecular weight is 228 g/mol. The van der Waals surface area contributed by atoms with E-state index in [0.29, 0.717) is 6.61 Å². The van der Waals surface area contributed by atoms with Crippen LogP contribution in [-0.4, -0.2) is 18.5 Å². The van der Waals surface area contributed by atoms with Crippen molar-refractivity contribution in [3.05, 3.63) is 35.4 Å². The van der Waals surface area contributed by atoms with E-state index in [2.05, 4.69) is 0 Å². The van der Waals surface area contributed by atoms with Gasteiger partial charge in [-0.15, -0.1) is 0 Å². The van der Waals surface area contributed by atoms with Gasteiger partial charge in [-0.05, 0) is 31.5 Å². The fourth-order valence-corrected chi connectivity index (χ4v) is 1.25. The zero-order valence-electron chi connectivity index (χ0n) is 9.30. The molecule has 0 fully saturated rings. The van der Waals surface area contributed by atoms with E-state index in [4.69, 9.17) is 4.74 Å². The number of carbonyl (C=O) groups excluding carboxylic acids is 1. The van der Waals surface area contributed by atoms with Crippen LogP contribution in [0, 0.1) is 11.6 Å². The molecule has 1 unspecified atom stereocenters. The van der Waals surface area contributed by atoms with E-state index in [0.717, 1.165) is 18.6 Å². The third kappa shape index (κ3) is 3.10. The molecule has 0 radical (unpaired) electrons. The Morgan fingerprint density at radius 3 is 2.62 bits per heavy atom. The summed E-state index contributed by atoms with van der Waals surface area (Å²) in [6, 6.07) is 3.09. The summed E-state index contributed by atoms with van der Waals surface area (Å²) in [5.74, 6) is -2.32. The van der Waals surface area contributed by atoms with Crippen LogP contribution in [0.1, 0.15) is 30.6 Å². The molecule has 0 aliphatic heterocycles. The van der Waals surface area contributed by atoms with Gasteiger partial charge in [-0.3, -0.25) is 4.79 Å². The lowest BCUT2D eigenvalue weighted by Gasteiger charge is -2.11. The van der Waals surface area contributed by atoms with Crippen molar-refractivity contribution in [1.29, 1.82) is 0 Å². The smallest absolute Gasteiger partial charge is 0.191 e. The molecule has 16 heavy (non-hydrogen) atoms. The summed E-state index contributed by atoms with van der Waals surface area (Å²) < 4.78 is 30.7. The van der Waals surface area contributed by atoms with Crippen LogP contribution in [0.5, 0.6) is 0 Å². The maximum Gasteiger partial charge on any atom is 0.191 e. The number of hydrogen-bond acceptors (Lipinski definition) is 2. The minimum Gasteiger partial charge on any atom is -0.370 e. The molecule has 1 aromatic rings. The Bertz CT molecular complexity index is 377. The van der Waals surface area contributed by atoms with Gasteiger partial charge in [-0.1, -0.05) is 6.92 Å². The number of ether oxygens (including phenoxy) is 1. The lowest BCUT2D eigenvalue weighted by atomic mass is 10.1. The van der Waals surface area contributed by atoms with E-state index in [-0.39, 0.29) is 11.3 Å². The van der Waals surface area contributed by atoms with Crippen molar-refractivity contribution in [2.75, 3.05) is 6.61 Å². The van der Waals surface area contributed by atoms with Gasteiger partial charge in [0.25, 0.3) is 0 Å². The molecular weight excluding hydrogens is 214 g/mol. The Morgan fingerprint density at radius 2 is 2.06 bits per heavy atom. The van der Waals surface area contributed by atoms with Crippen molar-refractivity contribution >= 4 is 5.78 Å².